The van der Waals surface area contributed by atoms with Crippen LogP contribution in [0.3, 0.4) is 0 Å². The Morgan fingerprint density at radius 1 is 1.17 bits per heavy atom. The van der Waals surface area contributed by atoms with Crippen LogP contribution in [0.25, 0.3) is 11.0 Å². The van der Waals surface area contributed by atoms with Crippen LogP contribution in [0.4, 0.5) is 5.13 Å². The van der Waals surface area contributed by atoms with Gasteiger partial charge in [0.15, 0.2) is 10.6 Å². The second-order valence-corrected chi connectivity index (χ2v) is 9.39. The largest absolute Gasteiger partial charge is 0.508 e. The van der Waals surface area contributed by atoms with Crippen molar-refractivity contribution in [1.29, 1.82) is 0 Å². The first-order valence-electron chi connectivity index (χ1n) is 11.1. The highest BCUT2D eigenvalue weighted by Gasteiger charge is 2.45. The number of phenols is 1. The molecule has 1 N–H and O–H groups in total. The number of carbonyl (C=O) groups is 2. The molecule has 2 aromatic heterocycles. The molecule has 1 atom stereocenters. The standard InChI is InChI=1S/C26H22N2O6S/c1-5-33-25(32)23-14(4)27-26(35-23)28-20(15-7-6-8-16(29)11-15)19-21(30)17-9-12(2)13(3)10-18(17)34-22(19)24(28)31/h6-11,20,29H,5H2,1-4H3. The average molecular weight is 491 g/mol. The van der Waals surface area contributed by atoms with Gasteiger partial charge in [-0.2, -0.15) is 0 Å². The molecule has 2 aromatic carbocycles. The number of phenolic OH excluding ortho intramolecular Hbond substituents is 1. The van der Waals surface area contributed by atoms with Crippen LogP contribution in [0.1, 0.15) is 61.1 Å². The van der Waals surface area contributed by atoms with Crippen LogP contribution in [0, 0.1) is 20.8 Å². The smallest absolute Gasteiger partial charge is 0.350 e. The van der Waals surface area contributed by atoms with Gasteiger partial charge in [0, 0.05) is 0 Å². The van der Waals surface area contributed by atoms with E-state index in [1.54, 1.807) is 38.1 Å². The van der Waals surface area contributed by atoms with E-state index in [1.165, 1.54) is 17.0 Å². The highest BCUT2D eigenvalue weighted by Crippen LogP contribution is 2.43. The van der Waals surface area contributed by atoms with Crippen LogP contribution < -0.4 is 10.3 Å². The van der Waals surface area contributed by atoms with Crippen molar-refractivity contribution >= 4 is 39.3 Å². The Labute approximate surface area is 204 Å². The number of aromatic nitrogens is 1. The van der Waals surface area contributed by atoms with Gasteiger partial charge in [0.25, 0.3) is 5.91 Å². The molecule has 178 valence electrons. The van der Waals surface area contributed by atoms with Crippen LogP contribution >= 0.6 is 11.3 Å². The lowest BCUT2D eigenvalue weighted by atomic mass is 9.97. The molecule has 1 aliphatic rings. The molecule has 4 aromatic rings. The molecule has 0 aliphatic carbocycles. The molecular formula is C26H22N2O6S. The first-order valence-corrected chi connectivity index (χ1v) is 11.9. The molecule has 0 bridgehead atoms. The maximum absolute atomic E-state index is 13.7. The summed E-state index contributed by atoms with van der Waals surface area (Å²) in [5.41, 5.74) is 2.95. The van der Waals surface area contributed by atoms with Gasteiger partial charge in [-0.3, -0.25) is 14.5 Å². The summed E-state index contributed by atoms with van der Waals surface area (Å²) >= 11 is 1.01. The van der Waals surface area contributed by atoms with Crippen molar-refractivity contribution in [3.8, 4) is 5.75 Å². The predicted molar refractivity (Wildman–Crippen MR) is 132 cm³/mol. The van der Waals surface area contributed by atoms with Gasteiger partial charge >= 0.3 is 5.97 Å². The van der Waals surface area contributed by atoms with E-state index < -0.39 is 17.9 Å². The first-order chi connectivity index (χ1) is 16.7. The van der Waals surface area contributed by atoms with E-state index in [-0.39, 0.29) is 39.1 Å². The minimum Gasteiger partial charge on any atom is -0.508 e. The number of fused-ring (bicyclic) bond motifs is 2. The zero-order valence-electron chi connectivity index (χ0n) is 19.5. The van der Waals surface area contributed by atoms with Gasteiger partial charge in [0.05, 0.1) is 29.3 Å². The van der Waals surface area contributed by atoms with E-state index in [2.05, 4.69) is 4.98 Å². The summed E-state index contributed by atoms with van der Waals surface area (Å²) in [5.74, 6) is -1.17. The van der Waals surface area contributed by atoms with Crippen molar-refractivity contribution in [2.45, 2.75) is 33.7 Å². The molecule has 0 saturated heterocycles. The van der Waals surface area contributed by atoms with E-state index in [0.717, 1.165) is 22.5 Å². The summed E-state index contributed by atoms with van der Waals surface area (Å²) < 4.78 is 11.1. The Morgan fingerprint density at radius 2 is 1.91 bits per heavy atom. The van der Waals surface area contributed by atoms with Crippen LogP contribution in [0.15, 0.2) is 45.6 Å². The summed E-state index contributed by atoms with van der Waals surface area (Å²) in [5, 5.41) is 10.8. The SMILES string of the molecule is CCOC(=O)c1sc(N2C(=O)c3oc4cc(C)c(C)cc4c(=O)c3C2c2cccc(O)c2)nc1C. The summed E-state index contributed by atoms with van der Waals surface area (Å²) in [6, 6.07) is 8.97. The van der Waals surface area contributed by atoms with E-state index in [4.69, 9.17) is 9.15 Å². The summed E-state index contributed by atoms with van der Waals surface area (Å²) in [4.78, 5) is 46.0. The maximum atomic E-state index is 13.7. The Kier molecular flexibility index (Phi) is 5.44. The van der Waals surface area contributed by atoms with Gasteiger partial charge in [-0.1, -0.05) is 23.5 Å². The molecular weight excluding hydrogens is 468 g/mol. The number of ether oxygens (including phenoxy) is 1. The number of thiazole rings is 1. The number of hydrogen-bond donors (Lipinski definition) is 1. The third-order valence-electron chi connectivity index (χ3n) is 6.12. The van der Waals surface area contributed by atoms with Gasteiger partial charge in [-0.15, -0.1) is 0 Å². The fourth-order valence-corrected chi connectivity index (χ4v) is 5.29. The van der Waals surface area contributed by atoms with Crippen molar-refractivity contribution < 1.29 is 23.8 Å². The number of rotatable bonds is 4. The minimum absolute atomic E-state index is 0.0115. The molecule has 0 radical (unpaired) electrons. The van der Waals surface area contributed by atoms with Crippen LogP contribution in [0.5, 0.6) is 5.75 Å². The van der Waals surface area contributed by atoms with Crippen molar-refractivity contribution in [3.63, 3.8) is 0 Å². The van der Waals surface area contributed by atoms with Crippen molar-refractivity contribution in [3.05, 3.63) is 85.2 Å². The van der Waals surface area contributed by atoms with Gasteiger partial charge in [0.2, 0.25) is 5.76 Å². The lowest BCUT2D eigenvalue weighted by Crippen LogP contribution is -2.29. The predicted octanol–water partition coefficient (Wildman–Crippen LogP) is 4.81. The Bertz CT molecular complexity index is 1580. The van der Waals surface area contributed by atoms with Crippen molar-refractivity contribution in [1.82, 2.24) is 4.98 Å². The fourth-order valence-electron chi connectivity index (χ4n) is 4.31. The Hall–Kier alpha value is -3.98. The van der Waals surface area contributed by atoms with E-state index in [1.807, 2.05) is 13.8 Å². The number of carbonyl (C=O) groups excluding carboxylic acids is 2. The maximum Gasteiger partial charge on any atom is 0.350 e. The molecule has 9 heteroatoms. The number of hydrogen-bond acceptors (Lipinski definition) is 8. The number of esters is 1. The Morgan fingerprint density at radius 3 is 2.63 bits per heavy atom. The van der Waals surface area contributed by atoms with Gasteiger partial charge < -0.3 is 14.3 Å². The third kappa shape index (κ3) is 3.59. The lowest BCUT2D eigenvalue weighted by Gasteiger charge is -2.22. The summed E-state index contributed by atoms with van der Waals surface area (Å²) in [6.07, 6.45) is 0. The molecule has 1 unspecified atom stereocenters. The summed E-state index contributed by atoms with van der Waals surface area (Å²) in [7, 11) is 0. The topological polar surface area (TPSA) is 110 Å². The molecule has 1 amide bonds. The summed E-state index contributed by atoms with van der Waals surface area (Å²) in [6.45, 7) is 7.38. The second-order valence-electron chi connectivity index (χ2n) is 8.41. The second kappa shape index (κ2) is 8.35. The fraction of sp³-hybridized carbons (Fsp3) is 0.231. The monoisotopic (exact) mass is 490 g/mol. The number of amides is 1. The van der Waals surface area contributed by atoms with Gasteiger partial charge in [0.1, 0.15) is 16.2 Å². The normalized spacial score (nSPS) is 15.0. The quantitative estimate of drug-likeness (QED) is 0.409. The molecule has 0 saturated carbocycles. The molecule has 5 rings (SSSR count). The van der Waals surface area contributed by atoms with Crippen LogP contribution in [-0.4, -0.2) is 28.6 Å². The molecule has 0 spiro atoms. The van der Waals surface area contributed by atoms with Crippen LogP contribution in [0.2, 0.25) is 0 Å². The molecule has 3 heterocycles. The van der Waals surface area contributed by atoms with E-state index in [9.17, 15) is 19.5 Å². The lowest BCUT2D eigenvalue weighted by molar-refractivity contribution is 0.0531. The zero-order valence-corrected chi connectivity index (χ0v) is 20.4. The molecule has 8 nitrogen and oxygen atoms in total. The van der Waals surface area contributed by atoms with Gasteiger partial charge in [-0.05, 0) is 68.7 Å². The van der Waals surface area contributed by atoms with Crippen molar-refractivity contribution in [2.75, 3.05) is 11.5 Å². The minimum atomic E-state index is -0.896. The van der Waals surface area contributed by atoms with E-state index in [0.29, 0.717) is 22.2 Å². The first kappa shape index (κ1) is 22.8. The molecule has 0 fully saturated rings. The number of anilines is 1. The zero-order chi connectivity index (χ0) is 25.0. The number of nitrogens with zero attached hydrogens (tertiary/aromatic N) is 2. The van der Waals surface area contributed by atoms with E-state index >= 15 is 0 Å². The van der Waals surface area contributed by atoms with Crippen molar-refractivity contribution in [2.24, 2.45) is 0 Å². The number of aryl methyl sites for hydroxylation is 3. The molecule has 1 aliphatic heterocycles. The third-order valence-corrected chi connectivity index (χ3v) is 7.26. The number of benzene rings is 2. The number of aromatic hydroxyl groups is 1. The average Bonchev–Trinajstić information content (AvgIpc) is 3.33. The van der Waals surface area contributed by atoms with Gasteiger partial charge in [-0.25, -0.2) is 9.78 Å². The van der Waals surface area contributed by atoms with Crippen LogP contribution in [-0.2, 0) is 4.74 Å². The highest BCUT2D eigenvalue weighted by atomic mass is 32.1. The Balaban J connectivity index is 1.77. The molecule has 35 heavy (non-hydrogen) atoms. The highest BCUT2D eigenvalue weighted by molar-refractivity contribution is 7.17.